The van der Waals surface area contributed by atoms with Gasteiger partial charge in [-0.1, -0.05) is 166 Å². The summed E-state index contributed by atoms with van der Waals surface area (Å²) in [6.07, 6.45) is 53.1. The first-order valence-corrected chi connectivity index (χ1v) is 21.5. The van der Waals surface area contributed by atoms with Crippen LogP contribution < -0.4 is 0 Å². The average Bonchev–Trinajstić information content (AvgIpc) is 3.09. The van der Waals surface area contributed by atoms with E-state index < -0.39 is 5.97 Å². The smallest absolute Gasteiger partial charge is 0.306 e. The predicted molar refractivity (Wildman–Crippen MR) is 213 cm³/mol. The molecule has 1 unspecified atom stereocenters. The Morgan fingerprint density at radius 1 is 0.449 bits per heavy atom. The van der Waals surface area contributed by atoms with E-state index in [1.165, 1.54) is 128 Å². The van der Waals surface area contributed by atoms with E-state index in [-0.39, 0.29) is 18.5 Å². The van der Waals surface area contributed by atoms with Crippen molar-refractivity contribution >= 4 is 11.9 Å². The maximum Gasteiger partial charge on any atom is 0.306 e. The van der Waals surface area contributed by atoms with Crippen molar-refractivity contribution in [2.45, 2.75) is 238 Å². The molecule has 0 heterocycles. The molecule has 0 rings (SSSR count). The topological polar surface area (TPSA) is 63.6 Å². The van der Waals surface area contributed by atoms with Crippen LogP contribution in [0.4, 0.5) is 0 Å². The second-order valence-electron chi connectivity index (χ2n) is 14.5. The van der Waals surface area contributed by atoms with Gasteiger partial charge in [0, 0.05) is 12.8 Å². The predicted octanol–water partition coefficient (Wildman–Crippen LogP) is 15.0. The fraction of sp³-hybridized carbons (Fsp3) is 0.822. The SMILES string of the molecule is CCCCCC/C=C\C/C=C\CCCCCCCCCC(=O)OC(CCC/C=C\CCCCCCCCCC)CCCCCCCC(=O)O. The molecule has 0 radical (unpaired) electrons. The molecule has 1 atom stereocenters. The van der Waals surface area contributed by atoms with Crippen molar-refractivity contribution in [1.29, 1.82) is 0 Å². The van der Waals surface area contributed by atoms with Crippen LogP contribution in [0.3, 0.4) is 0 Å². The van der Waals surface area contributed by atoms with Crippen molar-refractivity contribution in [3.8, 4) is 0 Å². The van der Waals surface area contributed by atoms with Gasteiger partial charge in [-0.05, 0) is 89.9 Å². The summed E-state index contributed by atoms with van der Waals surface area (Å²) in [5.74, 6) is -0.723. The maximum absolute atomic E-state index is 12.7. The monoisotopic (exact) mass is 687 g/mol. The third kappa shape index (κ3) is 40.5. The fourth-order valence-electron chi connectivity index (χ4n) is 6.39. The third-order valence-electron chi connectivity index (χ3n) is 9.58. The van der Waals surface area contributed by atoms with Crippen molar-refractivity contribution in [1.82, 2.24) is 0 Å². The quantitative estimate of drug-likeness (QED) is 0.0397. The molecule has 0 saturated carbocycles. The number of allylic oxidation sites excluding steroid dienone is 6. The highest BCUT2D eigenvalue weighted by molar-refractivity contribution is 5.69. The van der Waals surface area contributed by atoms with Crippen molar-refractivity contribution in [3.05, 3.63) is 36.5 Å². The zero-order chi connectivity index (χ0) is 35.7. The van der Waals surface area contributed by atoms with Crippen LogP contribution in [0.25, 0.3) is 0 Å². The number of hydrogen-bond donors (Lipinski definition) is 1. The second-order valence-corrected chi connectivity index (χ2v) is 14.5. The number of esters is 1. The van der Waals surface area contributed by atoms with Crippen LogP contribution >= 0.6 is 0 Å². The minimum Gasteiger partial charge on any atom is -0.481 e. The molecule has 0 bridgehead atoms. The number of carboxylic acids is 1. The lowest BCUT2D eigenvalue weighted by Gasteiger charge is -2.18. The molecule has 0 fully saturated rings. The Labute approximate surface area is 305 Å². The summed E-state index contributed by atoms with van der Waals surface area (Å²) in [5, 5.41) is 8.83. The summed E-state index contributed by atoms with van der Waals surface area (Å²) in [4.78, 5) is 23.4. The van der Waals surface area contributed by atoms with Crippen molar-refractivity contribution < 1.29 is 19.4 Å². The van der Waals surface area contributed by atoms with E-state index in [9.17, 15) is 9.59 Å². The molecule has 0 aliphatic carbocycles. The lowest BCUT2D eigenvalue weighted by atomic mass is 10.0. The van der Waals surface area contributed by atoms with Gasteiger partial charge >= 0.3 is 11.9 Å². The summed E-state index contributed by atoms with van der Waals surface area (Å²) >= 11 is 0. The number of hydrogen-bond acceptors (Lipinski definition) is 3. The highest BCUT2D eigenvalue weighted by Crippen LogP contribution is 2.18. The van der Waals surface area contributed by atoms with Gasteiger partial charge in [0.1, 0.15) is 6.10 Å². The van der Waals surface area contributed by atoms with Crippen LogP contribution in [0.2, 0.25) is 0 Å². The Balaban J connectivity index is 4.05. The Kier molecular flexibility index (Phi) is 39.1. The number of ether oxygens (including phenoxy) is 1. The highest BCUT2D eigenvalue weighted by atomic mass is 16.5. The summed E-state index contributed by atoms with van der Waals surface area (Å²) in [6, 6.07) is 0. The van der Waals surface area contributed by atoms with E-state index in [0.29, 0.717) is 6.42 Å². The van der Waals surface area contributed by atoms with E-state index in [0.717, 1.165) is 77.0 Å². The van der Waals surface area contributed by atoms with Gasteiger partial charge in [0.25, 0.3) is 0 Å². The number of carbonyl (C=O) groups is 2. The second kappa shape index (κ2) is 40.6. The minimum atomic E-state index is -0.704. The molecule has 0 aromatic carbocycles. The van der Waals surface area contributed by atoms with Gasteiger partial charge in [0.15, 0.2) is 0 Å². The first kappa shape index (κ1) is 47.2. The molecule has 1 N–H and O–H groups in total. The summed E-state index contributed by atoms with van der Waals surface area (Å²) in [6.45, 7) is 4.54. The molecule has 0 aliphatic rings. The lowest BCUT2D eigenvalue weighted by molar-refractivity contribution is -0.150. The van der Waals surface area contributed by atoms with E-state index >= 15 is 0 Å². The van der Waals surface area contributed by atoms with E-state index in [1.807, 2.05) is 0 Å². The summed E-state index contributed by atoms with van der Waals surface area (Å²) in [7, 11) is 0. The molecular weight excluding hydrogens is 604 g/mol. The average molecular weight is 687 g/mol. The van der Waals surface area contributed by atoms with Crippen LogP contribution in [-0.2, 0) is 14.3 Å². The van der Waals surface area contributed by atoms with Gasteiger partial charge in [-0.3, -0.25) is 9.59 Å². The van der Waals surface area contributed by atoms with Crippen LogP contribution in [0, 0.1) is 0 Å². The van der Waals surface area contributed by atoms with Crippen LogP contribution in [0.1, 0.15) is 232 Å². The zero-order valence-corrected chi connectivity index (χ0v) is 32.8. The van der Waals surface area contributed by atoms with E-state index in [2.05, 4.69) is 50.3 Å². The molecule has 4 heteroatoms. The number of rotatable bonds is 39. The highest BCUT2D eigenvalue weighted by Gasteiger charge is 2.14. The molecule has 286 valence electrons. The Morgan fingerprint density at radius 3 is 1.33 bits per heavy atom. The van der Waals surface area contributed by atoms with Crippen LogP contribution in [0.5, 0.6) is 0 Å². The van der Waals surface area contributed by atoms with Gasteiger partial charge < -0.3 is 9.84 Å². The first-order chi connectivity index (χ1) is 24.1. The molecule has 4 nitrogen and oxygen atoms in total. The Hall–Kier alpha value is -1.84. The van der Waals surface area contributed by atoms with Gasteiger partial charge in [0.05, 0.1) is 0 Å². The Bertz CT molecular complexity index is 783. The van der Waals surface area contributed by atoms with Crippen molar-refractivity contribution in [2.24, 2.45) is 0 Å². The number of carbonyl (C=O) groups excluding carboxylic acids is 1. The van der Waals surface area contributed by atoms with Gasteiger partial charge in [-0.15, -0.1) is 0 Å². The largest absolute Gasteiger partial charge is 0.481 e. The van der Waals surface area contributed by atoms with Gasteiger partial charge in [0.2, 0.25) is 0 Å². The number of unbranched alkanes of at least 4 members (excludes halogenated alkanes) is 24. The summed E-state index contributed by atoms with van der Waals surface area (Å²) < 4.78 is 6.00. The van der Waals surface area contributed by atoms with Crippen LogP contribution in [-0.4, -0.2) is 23.1 Å². The molecule has 0 aliphatic heterocycles. The fourth-order valence-corrected chi connectivity index (χ4v) is 6.39. The molecule has 0 aromatic rings. The molecular formula is C45H82O4. The van der Waals surface area contributed by atoms with Gasteiger partial charge in [-0.2, -0.15) is 0 Å². The molecule has 0 aromatic heterocycles. The maximum atomic E-state index is 12.7. The zero-order valence-electron chi connectivity index (χ0n) is 32.8. The first-order valence-electron chi connectivity index (χ1n) is 21.5. The van der Waals surface area contributed by atoms with Crippen molar-refractivity contribution in [3.63, 3.8) is 0 Å². The van der Waals surface area contributed by atoms with Gasteiger partial charge in [-0.25, -0.2) is 0 Å². The molecule has 0 spiro atoms. The minimum absolute atomic E-state index is 0.0187. The normalized spacial score (nSPS) is 12.5. The molecule has 0 saturated heterocycles. The Morgan fingerprint density at radius 2 is 0.816 bits per heavy atom. The molecule has 49 heavy (non-hydrogen) atoms. The summed E-state index contributed by atoms with van der Waals surface area (Å²) in [5.41, 5.74) is 0. The van der Waals surface area contributed by atoms with Crippen LogP contribution in [0.15, 0.2) is 36.5 Å². The third-order valence-corrected chi connectivity index (χ3v) is 9.58. The molecule has 0 amide bonds. The van der Waals surface area contributed by atoms with E-state index in [1.54, 1.807) is 0 Å². The standard InChI is InChI=1S/C45H82O4/c1-3-5-7-9-11-13-15-17-18-19-20-21-23-25-27-29-34-38-42-45(48)49-43(40-36-32-30-33-37-41-44(46)47)39-35-31-28-26-24-22-16-14-12-10-8-6-4-2/h13,15,18-19,26,28,43H,3-12,14,16-17,20-25,27,29-42H2,1-2H3,(H,46,47)/b15-13-,19-18-,28-26-. The van der Waals surface area contributed by atoms with Crippen molar-refractivity contribution in [2.75, 3.05) is 0 Å². The van der Waals surface area contributed by atoms with E-state index in [4.69, 9.17) is 9.84 Å². The number of carboxylic acid groups (broad SMARTS) is 1. The lowest BCUT2D eigenvalue weighted by Crippen LogP contribution is -2.18. The number of aliphatic carboxylic acids is 1.